The van der Waals surface area contributed by atoms with Gasteiger partial charge in [0.05, 0.1) is 5.56 Å². The van der Waals surface area contributed by atoms with Gasteiger partial charge in [-0.05, 0) is 75.6 Å². The molecule has 25 heavy (non-hydrogen) atoms. The van der Waals surface area contributed by atoms with E-state index >= 15 is 0 Å². The smallest absolute Gasteiger partial charge is 0.343 e. The Balaban J connectivity index is 1.80. The molecule has 2 aromatic rings. The fraction of sp³-hybridized carbons (Fsp3) is 0.409. The number of carbonyl (C=O) groups excluding carboxylic acids is 1. The molecule has 0 radical (unpaired) electrons. The molecule has 0 aliphatic carbocycles. The first-order valence-corrected chi connectivity index (χ1v) is 9.22. The van der Waals surface area contributed by atoms with Crippen LogP contribution >= 0.6 is 0 Å². The van der Waals surface area contributed by atoms with Gasteiger partial charge in [-0.2, -0.15) is 0 Å². The summed E-state index contributed by atoms with van der Waals surface area (Å²) in [6.45, 7) is 9.82. The lowest BCUT2D eigenvalue weighted by atomic mass is 10.1. The van der Waals surface area contributed by atoms with Crippen LogP contribution in [0.2, 0.25) is 0 Å². The number of esters is 1. The maximum atomic E-state index is 12.2. The first kappa shape index (κ1) is 19.2. The molecular weight excluding hydrogens is 310 g/mol. The molecule has 0 spiro atoms. The maximum Gasteiger partial charge on any atom is 0.343 e. The Kier molecular flexibility index (Phi) is 7.68. The molecule has 2 rings (SSSR count). The van der Waals surface area contributed by atoms with Crippen LogP contribution in [0.4, 0.5) is 0 Å². The van der Waals surface area contributed by atoms with E-state index in [-0.39, 0.29) is 5.97 Å². The molecule has 3 heteroatoms. The molecule has 0 amide bonds. The number of carbonyl (C=O) groups is 1. The van der Waals surface area contributed by atoms with Crippen LogP contribution in [0.1, 0.15) is 48.2 Å². The zero-order valence-electron chi connectivity index (χ0n) is 15.6. The fourth-order valence-electron chi connectivity index (χ4n) is 2.78. The summed E-state index contributed by atoms with van der Waals surface area (Å²) in [6.07, 6.45) is 3.43. The Morgan fingerprint density at radius 3 is 2.16 bits per heavy atom. The maximum absolute atomic E-state index is 12.2. The van der Waals surface area contributed by atoms with Gasteiger partial charge < -0.3 is 9.64 Å². The second-order valence-corrected chi connectivity index (χ2v) is 6.38. The van der Waals surface area contributed by atoms with Crippen molar-refractivity contribution in [2.45, 2.75) is 40.0 Å². The quantitative estimate of drug-likeness (QED) is 0.370. The minimum absolute atomic E-state index is 0.308. The summed E-state index contributed by atoms with van der Waals surface area (Å²) < 4.78 is 5.40. The van der Waals surface area contributed by atoms with Crippen molar-refractivity contribution in [3.63, 3.8) is 0 Å². The highest BCUT2D eigenvalue weighted by Gasteiger charge is 2.08. The Hall–Kier alpha value is -2.13. The van der Waals surface area contributed by atoms with Gasteiger partial charge in [0, 0.05) is 0 Å². The lowest BCUT2D eigenvalue weighted by molar-refractivity contribution is 0.0734. The van der Waals surface area contributed by atoms with Crippen molar-refractivity contribution in [3.8, 4) is 5.75 Å². The SMILES string of the molecule is CCN(CC)CCCCc1ccc(C(=O)Oc2ccc(C)cc2)cc1. The molecule has 0 fully saturated rings. The lowest BCUT2D eigenvalue weighted by Gasteiger charge is -2.17. The molecule has 0 atom stereocenters. The molecule has 0 saturated carbocycles. The summed E-state index contributed by atoms with van der Waals surface area (Å²) in [4.78, 5) is 14.6. The highest BCUT2D eigenvalue weighted by Crippen LogP contribution is 2.15. The summed E-state index contributed by atoms with van der Waals surface area (Å²) in [5.41, 5.74) is 3.00. The standard InChI is InChI=1S/C22H29NO2/c1-4-23(5-2)17-7-6-8-19-11-13-20(14-12-19)22(24)25-21-15-9-18(3)10-16-21/h9-16H,4-8,17H2,1-3H3. The van der Waals surface area contributed by atoms with Gasteiger partial charge in [0.15, 0.2) is 0 Å². The van der Waals surface area contributed by atoms with Crippen molar-refractivity contribution in [2.24, 2.45) is 0 Å². The zero-order chi connectivity index (χ0) is 18.1. The first-order chi connectivity index (χ1) is 12.1. The topological polar surface area (TPSA) is 29.5 Å². The second kappa shape index (κ2) is 10.00. The number of hydrogen-bond acceptors (Lipinski definition) is 3. The predicted octanol–water partition coefficient (Wildman–Crippen LogP) is 4.88. The van der Waals surface area contributed by atoms with Crippen LogP contribution in [0, 0.1) is 6.92 Å². The van der Waals surface area contributed by atoms with Crippen molar-refractivity contribution < 1.29 is 9.53 Å². The van der Waals surface area contributed by atoms with Crippen LogP contribution in [0.15, 0.2) is 48.5 Å². The van der Waals surface area contributed by atoms with E-state index in [0.717, 1.165) is 31.6 Å². The first-order valence-electron chi connectivity index (χ1n) is 9.22. The van der Waals surface area contributed by atoms with Gasteiger partial charge in [0.25, 0.3) is 0 Å². The summed E-state index contributed by atoms with van der Waals surface area (Å²) in [6, 6.07) is 15.3. The third-order valence-corrected chi connectivity index (χ3v) is 4.51. The van der Waals surface area contributed by atoms with Gasteiger partial charge in [-0.1, -0.05) is 43.7 Å². The molecule has 2 aromatic carbocycles. The molecule has 3 nitrogen and oxygen atoms in total. The average Bonchev–Trinajstić information content (AvgIpc) is 2.64. The molecule has 0 bridgehead atoms. The fourth-order valence-corrected chi connectivity index (χ4v) is 2.78. The number of unbranched alkanes of at least 4 members (excludes halogenated alkanes) is 1. The molecule has 0 aliphatic rings. The average molecular weight is 339 g/mol. The third-order valence-electron chi connectivity index (χ3n) is 4.51. The number of rotatable bonds is 9. The molecule has 0 unspecified atom stereocenters. The van der Waals surface area contributed by atoms with E-state index in [9.17, 15) is 4.79 Å². The van der Waals surface area contributed by atoms with Crippen molar-refractivity contribution in [3.05, 3.63) is 65.2 Å². The summed E-state index contributed by atoms with van der Waals surface area (Å²) in [7, 11) is 0. The lowest BCUT2D eigenvalue weighted by Crippen LogP contribution is -2.23. The molecule has 0 aromatic heterocycles. The van der Waals surface area contributed by atoms with Crippen LogP contribution < -0.4 is 4.74 Å². The van der Waals surface area contributed by atoms with E-state index in [1.54, 1.807) is 0 Å². The second-order valence-electron chi connectivity index (χ2n) is 6.38. The van der Waals surface area contributed by atoms with Crippen molar-refractivity contribution >= 4 is 5.97 Å². The molecule has 0 saturated heterocycles. The zero-order valence-corrected chi connectivity index (χ0v) is 15.6. The predicted molar refractivity (Wildman–Crippen MR) is 103 cm³/mol. The van der Waals surface area contributed by atoms with E-state index < -0.39 is 0 Å². The minimum atomic E-state index is -0.308. The van der Waals surface area contributed by atoms with Crippen LogP contribution in [-0.2, 0) is 6.42 Å². The Morgan fingerprint density at radius 2 is 1.56 bits per heavy atom. The van der Waals surface area contributed by atoms with E-state index in [1.165, 1.54) is 18.4 Å². The number of aryl methyl sites for hydroxylation is 2. The number of benzene rings is 2. The molecule has 134 valence electrons. The molecule has 0 heterocycles. The van der Waals surface area contributed by atoms with Gasteiger partial charge in [-0.15, -0.1) is 0 Å². The highest BCUT2D eigenvalue weighted by atomic mass is 16.5. The van der Waals surface area contributed by atoms with Crippen LogP contribution in [0.25, 0.3) is 0 Å². The minimum Gasteiger partial charge on any atom is -0.423 e. The normalized spacial score (nSPS) is 10.9. The van der Waals surface area contributed by atoms with E-state index in [4.69, 9.17) is 4.74 Å². The Labute approximate surface area is 151 Å². The summed E-state index contributed by atoms with van der Waals surface area (Å²) in [5, 5.41) is 0. The highest BCUT2D eigenvalue weighted by molar-refractivity contribution is 5.91. The largest absolute Gasteiger partial charge is 0.423 e. The number of nitrogens with zero attached hydrogens (tertiary/aromatic N) is 1. The van der Waals surface area contributed by atoms with Crippen LogP contribution in [-0.4, -0.2) is 30.5 Å². The number of hydrogen-bond donors (Lipinski definition) is 0. The van der Waals surface area contributed by atoms with E-state index in [0.29, 0.717) is 11.3 Å². The van der Waals surface area contributed by atoms with Crippen molar-refractivity contribution in [1.29, 1.82) is 0 Å². The van der Waals surface area contributed by atoms with Gasteiger partial charge >= 0.3 is 5.97 Å². The summed E-state index contributed by atoms with van der Waals surface area (Å²) in [5.74, 6) is 0.271. The molecule has 0 N–H and O–H groups in total. The van der Waals surface area contributed by atoms with Crippen LogP contribution in [0.5, 0.6) is 5.75 Å². The molecular formula is C22H29NO2. The van der Waals surface area contributed by atoms with Gasteiger partial charge in [0.1, 0.15) is 5.75 Å². The van der Waals surface area contributed by atoms with Gasteiger partial charge in [0.2, 0.25) is 0 Å². The monoisotopic (exact) mass is 339 g/mol. The number of ether oxygens (including phenoxy) is 1. The van der Waals surface area contributed by atoms with Gasteiger partial charge in [-0.3, -0.25) is 0 Å². The van der Waals surface area contributed by atoms with E-state index in [1.807, 2.05) is 55.5 Å². The van der Waals surface area contributed by atoms with E-state index in [2.05, 4.69) is 18.7 Å². The Bertz CT molecular complexity index is 643. The van der Waals surface area contributed by atoms with Crippen molar-refractivity contribution in [1.82, 2.24) is 4.90 Å². The Morgan fingerprint density at radius 1 is 0.920 bits per heavy atom. The summed E-state index contributed by atoms with van der Waals surface area (Å²) >= 11 is 0. The van der Waals surface area contributed by atoms with Crippen molar-refractivity contribution in [2.75, 3.05) is 19.6 Å². The van der Waals surface area contributed by atoms with Gasteiger partial charge in [-0.25, -0.2) is 4.79 Å². The molecule has 0 aliphatic heterocycles. The van der Waals surface area contributed by atoms with Crippen LogP contribution in [0.3, 0.4) is 0 Å². The third kappa shape index (κ3) is 6.35.